The number of anilines is 1. The lowest BCUT2D eigenvalue weighted by molar-refractivity contribution is 0.277. The zero-order valence-electron chi connectivity index (χ0n) is 8.76. The number of aromatic nitrogens is 1. The van der Waals surface area contributed by atoms with Crippen molar-refractivity contribution < 1.29 is 5.11 Å². The Morgan fingerprint density at radius 3 is 3.00 bits per heavy atom. The Balaban J connectivity index is 2.20. The molecule has 0 spiro atoms. The fraction of sp³-hybridized carbons (Fsp3) is 0.417. The topological polar surface area (TPSA) is 36.4 Å². The summed E-state index contributed by atoms with van der Waals surface area (Å²) in [5, 5.41) is 9.03. The van der Waals surface area contributed by atoms with Crippen molar-refractivity contribution in [3.63, 3.8) is 0 Å². The highest BCUT2D eigenvalue weighted by Crippen LogP contribution is 2.31. The molecule has 0 aliphatic heterocycles. The maximum Gasteiger partial charge on any atom is 0.0853 e. The van der Waals surface area contributed by atoms with Crippen LogP contribution in [0.25, 0.3) is 0 Å². The Morgan fingerprint density at radius 1 is 1.60 bits per heavy atom. The van der Waals surface area contributed by atoms with E-state index >= 15 is 0 Å². The molecule has 1 aliphatic rings. The second-order valence-corrected chi connectivity index (χ2v) is 3.84. The third kappa shape index (κ3) is 2.36. The molecule has 1 N–H and O–H groups in total. The van der Waals surface area contributed by atoms with Gasteiger partial charge in [0.25, 0.3) is 0 Å². The van der Waals surface area contributed by atoms with Crippen LogP contribution in [0, 0.1) is 0 Å². The van der Waals surface area contributed by atoms with E-state index in [1.165, 1.54) is 12.8 Å². The first-order valence-corrected chi connectivity index (χ1v) is 5.28. The third-order valence-corrected chi connectivity index (χ3v) is 2.61. The zero-order valence-corrected chi connectivity index (χ0v) is 8.76. The molecule has 3 nitrogen and oxygen atoms in total. The van der Waals surface area contributed by atoms with Crippen LogP contribution in [0.5, 0.6) is 0 Å². The van der Waals surface area contributed by atoms with E-state index in [4.69, 9.17) is 5.11 Å². The maximum atomic E-state index is 9.03. The Morgan fingerprint density at radius 2 is 2.40 bits per heavy atom. The summed E-state index contributed by atoms with van der Waals surface area (Å²) in [4.78, 5) is 6.39. The number of rotatable bonds is 5. The van der Waals surface area contributed by atoms with Crippen LogP contribution in [0.4, 0.5) is 5.69 Å². The van der Waals surface area contributed by atoms with Gasteiger partial charge in [-0.2, -0.15) is 0 Å². The molecule has 3 heteroatoms. The molecule has 1 heterocycles. The predicted octanol–water partition coefficient (Wildman–Crippen LogP) is 1.73. The first kappa shape index (κ1) is 10.2. The van der Waals surface area contributed by atoms with Gasteiger partial charge in [0.05, 0.1) is 12.3 Å². The van der Waals surface area contributed by atoms with Crippen molar-refractivity contribution >= 4 is 5.69 Å². The molecule has 0 saturated heterocycles. The zero-order chi connectivity index (χ0) is 10.7. The van der Waals surface area contributed by atoms with Crippen molar-refractivity contribution in [2.45, 2.75) is 25.5 Å². The van der Waals surface area contributed by atoms with E-state index in [0.717, 1.165) is 17.9 Å². The highest BCUT2D eigenvalue weighted by atomic mass is 16.3. The van der Waals surface area contributed by atoms with Crippen molar-refractivity contribution in [3.05, 3.63) is 36.7 Å². The van der Waals surface area contributed by atoms with Crippen molar-refractivity contribution in [1.29, 1.82) is 0 Å². The van der Waals surface area contributed by atoms with Gasteiger partial charge in [-0.15, -0.1) is 6.58 Å². The average molecular weight is 204 g/mol. The minimum absolute atomic E-state index is 0.000432. The van der Waals surface area contributed by atoms with Gasteiger partial charge in [-0.05, 0) is 25.0 Å². The van der Waals surface area contributed by atoms with Gasteiger partial charge in [0, 0.05) is 24.5 Å². The molecular weight excluding hydrogens is 188 g/mol. The molecule has 1 aromatic heterocycles. The molecule has 0 unspecified atom stereocenters. The molecule has 0 amide bonds. The van der Waals surface area contributed by atoms with Gasteiger partial charge in [-0.25, -0.2) is 0 Å². The summed E-state index contributed by atoms with van der Waals surface area (Å²) in [7, 11) is 0. The summed E-state index contributed by atoms with van der Waals surface area (Å²) in [6.07, 6.45) is 6.17. The number of aliphatic hydroxyl groups is 1. The summed E-state index contributed by atoms with van der Waals surface area (Å²) in [5.41, 5.74) is 1.86. The SMILES string of the molecule is C=CCN(c1ccnc(CO)c1)C1CC1. The van der Waals surface area contributed by atoms with E-state index in [-0.39, 0.29) is 6.61 Å². The number of hydrogen-bond acceptors (Lipinski definition) is 3. The summed E-state index contributed by atoms with van der Waals surface area (Å²) in [5.74, 6) is 0. The molecule has 0 bridgehead atoms. The Labute approximate surface area is 90.1 Å². The minimum atomic E-state index is 0.000432. The van der Waals surface area contributed by atoms with Crippen molar-refractivity contribution in [2.75, 3.05) is 11.4 Å². The fourth-order valence-electron chi connectivity index (χ4n) is 1.72. The molecule has 1 fully saturated rings. The van der Waals surface area contributed by atoms with Crippen LogP contribution in [0.15, 0.2) is 31.0 Å². The van der Waals surface area contributed by atoms with Gasteiger partial charge in [-0.1, -0.05) is 6.08 Å². The van der Waals surface area contributed by atoms with Crippen molar-refractivity contribution in [3.8, 4) is 0 Å². The van der Waals surface area contributed by atoms with Crippen molar-refractivity contribution in [2.24, 2.45) is 0 Å². The normalized spacial score (nSPS) is 15.0. The Bertz CT molecular complexity index is 347. The molecule has 80 valence electrons. The van der Waals surface area contributed by atoms with Crippen LogP contribution in [0.2, 0.25) is 0 Å². The molecule has 2 rings (SSSR count). The molecule has 0 aromatic carbocycles. The number of pyridine rings is 1. The van der Waals surface area contributed by atoms with Crippen LogP contribution >= 0.6 is 0 Å². The molecule has 1 saturated carbocycles. The lowest BCUT2D eigenvalue weighted by Crippen LogP contribution is -2.25. The smallest absolute Gasteiger partial charge is 0.0853 e. The van der Waals surface area contributed by atoms with E-state index in [0.29, 0.717) is 6.04 Å². The first-order chi connectivity index (χ1) is 7.35. The average Bonchev–Trinajstić information content (AvgIpc) is 3.10. The van der Waals surface area contributed by atoms with E-state index in [2.05, 4.69) is 16.5 Å². The maximum absolute atomic E-state index is 9.03. The number of aliphatic hydroxyl groups excluding tert-OH is 1. The largest absolute Gasteiger partial charge is 0.390 e. The Hall–Kier alpha value is -1.35. The van der Waals surface area contributed by atoms with Gasteiger partial charge in [-0.3, -0.25) is 4.98 Å². The second-order valence-electron chi connectivity index (χ2n) is 3.84. The summed E-state index contributed by atoms with van der Waals surface area (Å²) < 4.78 is 0. The fourth-order valence-corrected chi connectivity index (χ4v) is 1.72. The van der Waals surface area contributed by atoms with E-state index < -0.39 is 0 Å². The quantitative estimate of drug-likeness (QED) is 0.742. The van der Waals surface area contributed by atoms with E-state index in [1.807, 2.05) is 18.2 Å². The van der Waals surface area contributed by atoms with Gasteiger partial charge < -0.3 is 10.0 Å². The molecule has 15 heavy (non-hydrogen) atoms. The minimum Gasteiger partial charge on any atom is -0.390 e. The predicted molar refractivity (Wildman–Crippen MR) is 60.7 cm³/mol. The highest BCUT2D eigenvalue weighted by molar-refractivity contribution is 5.49. The van der Waals surface area contributed by atoms with E-state index in [9.17, 15) is 0 Å². The molecule has 0 atom stereocenters. The van der Waals surface area contributed by atoms with Crippen LogP contribution in [0.3, 0.4) is 0 Å². The van der Waals surface area contributed by atoms with Gasteiger partial charge in [0.2, 0.25) is 0 Å². The van der Waals surface area contributed by atoms with Crippen LogP contribution in [0.1, 0.15) is 18.5 Å². The molecule has 0 radical (unpaired) electrons. The lowest BCUT2D eigenvalue weighted by atomic mass is 10.3. The third-order valence-electron chi connectivity index (χ3n) is 2.61. The highest BCUT2D eigenvalue weighted by Gasteiger charge is 2.28. The van der Waals surface area contributed by atoms with Gasteiger partial charge in [0.1, 0.15) is 0 Å². The molecule has 1 aromatic rings. The summed E-state index contributed by atoms with van der Waals surface area (Å²) >= 11 is 0. The Kier molecular flexibility index (Phi) is 3.02. The van der Waals surface area contributed by atoms with E-state index in [1.54, 1.807) is 6.20 Å². The summed E-state index contributed by atoms with van der Waals surface area (Å²) in [6, 6.07) is 4.58. The number of hydrogen-bond donors (Lipinski definition) is 1. The number of nitrogens with zero attached hydrogens (tertiary/aromatic N) is 2. The molecule has 1 aliphatic carbocycles. The second kappa shape index (κ2) is 4.45. The monoisotopic (exact) mass is 204 g/mol. The van der Waals surface area contributed by atoms with Gasteiger partial charge in [0.15, 0.2) is 0 Å². The van der Waals surface area contributed by atoms with Crippen molar-refractivity contribution in [1.82, 2.24) is 4.98 Å². The first-order valence-electron chi connectivity index (χ1n) is 5.28. The molecular formula is C12H16N2O. The standard InChI is InChI=1S/C12H16N2O/c1-2-7-14(11-3-4-11)12-5-6-13-10(8-12)9-15/h2,5-6,8,11,15H,1,3-4,7,9H2. The van der Waals surface area contributed by atoms with Gasteiger partial charge >= 0.3 is 0 Å². The van der Waals surface area contributed by atoms with Crippen LogP contribution < -0.4 is 4.90 Å². The van der Waals surface area contributed by atoms with Crippen LogP contribution in [-0.2, 0) is 6.61 Å². The summed E-state index contributed by atoms with van der Waals surface area (Å²) in [6.45, 7) is 4.63. The lowest BCUT2D eigenvalue weighted by Gasteiger charge is -2.23. The van der Waals surface area contributed by atoms with Crippen LogP contribution in [-0.4, -0.2) is 22.7 Å².